The lowest BCUT2D eigenvalue weighted by molar-refractivity contribution is 1.18. The maximum Gasteiger partial charge on any atom is 0.115 e. The number of benzene rings is 5. The Labute approximate surface area is 201 Å². The topological polar surface area (TPSA) is 34.4 Å². The monoisotopic (exact) mass is 458 g/mol. The first kappa shape index (κ1) is 20.4. The highest BCUT2D eigenvalue weighted by atomic mass is 35.5. The number of fused-ring (bicyclic) bond motifs is 3. The molecule has 3 nitrogen and oxygen atoms in total. The second-order valence-corrected chi connectivity index (χ2v) is 8.60. The first-order chi connectivity index (χ1) is 16.8. The summed E-state index contributed by atoms with van der Waals surface area (Å²) in [7, 11) is 0. The predicted molar refractivity (Wildman–Crippen MR) is 142 cm³/mol. The maximum atomic E-state index is 11.3. The summed E-state index contributed by atoms with van der Waals surface area (Å²) >= 11 is 6.86. The number of nitrogens with zero attached hydrogens (tertiary/aromatic N) is 2. The lowest BCUT2D eigenvalue weighted by Gasteiger charge is -2.15. The van der Waals surface area contributed by atoms with Crippen molar-refractivity contribution in [3.63, 3.8) is 0 Å². The van der Waals surface area contributed by atoms with E-state index in [1.165, 1.54) is 10.8 Å². The van der Waals surface area contributed by atoms with Crippen LogP contribution in [-0.2, 0) is 0 Å². The van der Waals surface area contributed by atoms with Crippen LogP contribution in [0, 0.1) is 4.91 Å². The fourth-order valence-corrected chi connectivity index (χ4v) is 5.06. The fraction of sp³-hybridized carbons (Fsp3) is 0. The molecule has 0 fully saturated rings. The highest BCUT2D eigenvalue weighted by Gasteiger charge is 2.17. The summed E-state index contributed by atoms with van der Waals surface area (Å²) < 4.78 is 2.30. The van der Waals surface area contributed by atoms with Gasteiger partial charge in [-0.15, -0.1) is 4.91 Å². The van der Waals surface area contributed by atoms with Crippen LogP contribution in [0.5, 0.6) is 0 Å². The summed E-state index contributed by atoms with van der Waals surface area (Å²) in [6.07, 6.45) is 0. The molecule has 0 aliphatic rings. The van der Waals surface area contributed by atoms with Crippen molar-refractivity contribution in [2.75, 3.05) is 0 Å². The maximum absolute atomic E-state index is 11.3. The largest absolute Gasteiger partial charge is 0.309 e. The van der Waals surface area contributed by atoms with Gasteiger partial charge in [0, 0.05) is 32.5 Å². The van der Waals surface area contributed by atoms with Gasteiger partial charge in [0.15, 0.2) is 0 Å². The molecule has 0 saturated carbocycles. The number of hydrogen-bond donors (Lipinski definition) is 0. The Hall–Kier alpha value is -4.21. The van der Waals surface area contributed by atoms with Crippen LogP contribution in [0.4, 0.5) is 5.69 Å². The Morgan fingerprint density at radius 1 is 0.588 bits per heavy atom. The van der Waals surface area contributed by atoms with E-state index in [1.807, 2.05) is 36.4 Å². The molecule has 0 bridgehead atoms. The lowest BCUT2D eigenvalue weighted by atomic mass is 9.98. The number of aromatic nitrogens is 1. The first-order valence-electron chi connectivity index (χ1n) is 11.1. The van der Waals surface area contributed by atoms with E-state index in [0.717, 1.165) is 39.0 Å². The van der Waals surface area contributed by atoms with Gasteiger partial charge in [0.05, 0.1) is 16.7 Å². The molecule has 1 aromatic heterocycles. The normalized spacial score (nSPS) is 11.2. The van der Waals surface area contributed by atoms with Crippen molar-refractivity contribution in [3.05, 3.63) is 125 Å². The zero-order chi connectivity index (χ0) is 23.1. The molecule has 0 saturated heterocycles. The summed E-state index contributed by atoms with van der Waals surface area (Å²) in [4.78, 5) is 11.3. The molecule has 0 spiro atoms. The molecular weight excluding hydrogens is 440 g/mol. The molecule has 0 aliphatic heterocycles. The average Bonchev–Trinajstić information content (AvgIpc) is 3.23. The second kappa shape index (κ2) is 8.29. The molecular formula is C30H19ClN2O. The first-order valence-corrected chi connectivity index (χ1v) is 11.4. The summed E-state index contributed by atoms with van der Waals surface area (Å²) in [5, 5.41) is 6.21. The van der Waals surface area contributed by atoms with Crippen LogP contribution in [0.2, 0.25) is 5.02 Å². The molecule has 0 amide bonds. The van der Waals surface area contributed by atoms with Gasteiger partial charge in [-0.2, -0.15) is 0 Å². The van der Waals surface area contributed by atoms with E-state index in [4.69, 9.17) is 11.6 Å². The molecule has 0 aliphatic carbocycles. The van der Waals surface area contributed by atoms with Gasteiger partial charge in [-0.3, -0.25) is 0 Å². The minimum absolute atomic E-state index is 0.400. The quantitative estimate of drug-likeness (QED) is 0.242. The third-order valence-corrected chi connectivity index (χ3v) is 6.61. The van der Waals surface area contributed by atoms with Crippen molar-refractivity contribution >= 4 is 39.1 Å². The van der Waals surface area contributed by atoms with Crippen LogP contribution in [0.1, 0.15) is 0 Å². The second-order valence-electron chi connectivity index (χ2n) is 8.19. The average molecular weight is 459 g/mol. The van der Waals surface area contributed by atoms with Gasteiger partial charge in [0.1, 0.15) is 5.69 Å². The van der Waals surface area contributed by atoms with E-state index in [0.29, 0.717) is 10.7 Å². The summed E-state index contributed by atoms with van der Waals surface area (Å²) in [6, 6.07) is 38.4. The van der Waals surface area contributed by atoms with Crippen molar-refractivity contribution < 1.29 is 0 Å². The SMILES string of the molecule is O=Nc1ccccc1-c1ccc(-c2ccccc2-n2c3ccccc3c3ccccc32)c(Cl)c1. The van der Waals surface area contributed by atoms with E-state index in [1.54, 1.807) is 12.1 Å². The number of hydrogen-bond acceptors (Lipinski definition) is 2. The Morgan fingerprint density at radius 3 is 1.85 bits per heavy atom. The molecule has 162 valence electrons. The van der Waals surface area contributed by atoms with Crippen LogP contribution < -0.4 is 0 Å². The molecule has 6 rings (SSSR count). The minimum Gasteiger partial charge on any atom is -0.309 e. The van der Waals surface area contributed by atoms with Crippen molar-refractivity contribution in [3.8, 4) is 27.9 Å². The highest BCUT2D eigenvalue weighted by molar-refractivity contribution is 6.33. The van der Waals surface area contributed by atoms with Crippen molar-refractivity contribution in [1.29, 1.82) is 0 Å². The van der Waals surface area contributed by atoms with Crippen LogP contribution in [-0.4, -0.2) is 4.57 Å². The highest BCUT2D eigenvalue weighted by Crippen LogP contribution is 2.40. The molecule has 0 atom stereocenters. The van der Waals surface area contributed by atoms with E-state index >= 15 is 0 Å². The summed E-state index contributed by atoms with van der Waals surface area (Å²) in [6.45, 7) is 0. The van der Waals surface area contributed by atoms with Crippen molar-refractivity contribution in [1.82, 2.24) is 4.57 Å². The van der Waals surface area contributed by atoms with Gasteiger partial charge in [-0.25, -0.2) is 0 Å². The zero-order valence-electron chi connectivity index (χ0n) is 18.2. The Morgan fingerprint density at radius 2 is 1.18 bits per heavy atom. The molecule has 0 N–H and O–H groups in total. The molecule has 1 heterocycles. The molecule has 5 aromatic carbocycles. The van der Waals surface area contributed by atoms with E-state index in [2.05, 4.69) is 76.5 Å². The van der Waals surface area contributed by atoms with Gasteiger partial charge in [0.25, 0.3) is 0 Å². The van der Waals surface area contributed by atoms with Crippen LogP contribution in [0.15, 0.2) is 120 Å². The van der Waals surface area contributed by atoms with Crippen molar-refractivity contribution in [2.24, 2.45) is 5.18 Å². The van der Waals surface area contributed by atoms with Gasteiger partial charge >= 0.3 is 0 Å². The van der Waals surface area contributed by atoms with Gasteiger partial charge in [-0.1, -0.05) is 96.5 Å². The lowest BCUT2D eigenvalue weighted by Crippen LogP contribution is -1.97. The van der Waals surface area contributed by atoms with Crippen LogP contribution in [0.25, 0.3) is 49.7 Å². The summed E-state index contributed by atoms with van der Waals surface area (Å²) in [5.74, 6) is 0. The van der Waals surface area contributed by atoms with Gasteiger partial charge in [0.2, 0.25) is 0 Å². The Balaban J connectivity index is 1.57. The van der Waals surface area contributed by atoms with Gasteiger partial charge < -0.3 is 4.57 Å². The number of nitroso groups, excluding NO2 is 1. The molecule has 0 radical (unpaired) electrons. The molecule has 34 heavy (non-hydrogen) atoms. The molecule has 0 unspecified atom stereocenters. The number of halogens is 1. The van der Waals surface area contributed by atoms with Crippen LogP contribution in [0.3, 0.4) is 0 Å². The van der Waals surface area contributed by atoms with Crippen LogP contribution >= 0.6 is 11.6 Å². The third kappa shape index (κ3) is 3.21. The molecule has 6 aromatic rings. The van der Waals surface area contributed by atoms with E-state index in [-0.39, 0.29) is 0 Å². The Bertz CT molecular complexity index is 1650. The summed E-state index contributed by atoms with van der Waals surface area (Å²) in [5.41, 5.74) is 7.35. The van der Waals surface area contributed by atoms with Gasteiger partial charge in [-0.05, 0) is 41.1 Å². The number of para-hydroxylation sites is 3. The fourth-order valence-electron chi connectivity index (χ4n) is 4.78. The predicted octanol–water partition coefficient (Wildman–Crippen LogP) is 9.17. The van der Waals surface area contributed by atoms with Crippen molar-refractivity contribution in [2.45, 2.75) is 0 Å². The van der Waals surface area contributed by atoms with E-state index < -0.39 is 0 Å². The minimum atomic E-state index is 0.400. The standard InChI is InChI=1S/C30H19ClN2O/c31-26-19-20(21-9-1-5-13-27(21)32-34)17-18-22(26)23-10-2-6-14-28(23)33-29-15-7-3-11-24(29)25-12-4-8-16-30(25)33/h1-19H. The zero-order valence-corrected chi connectivity index (χ0v) is 18.9. The molecule has 4 heteroatoms. The third-order valence-electron chi connectivity index (χ3n) is 6.30. The van der Waals surface area contributed by atoms with E-state index in [9.17, 15) is 4.91 Å². The number of rotatable bonds is 4. The Kier molecular flexibility index (Phi) is 4.97. The smallest absolute Gasteiger partial charge is 0.115 e.